The van der Waals surface area contributed by atoms with Crippen molar-refractivity contribution in [1.82, 2.24) is 19.6 Å². The predicted octanol–water partition coefficient (Wildman–Crippen LogP) is 5.94. The molecule has 0 saturated heterocycles. The molecule has 0 atom stereocenters. The molecule has 0 amide bonds. The summed E-state index contributed by atoms with van der Waals surface area (Å²) in [5, 5.41) is 5.57. The van der Waals surface area contributed by atoms with Gasteiger partial charge in [0.1, 0.15) is 12.1 Å². The Bertz CT molecular complexity index is 1570. The molecule has 0 N–H and O–H groups in total. The molecule has 0 aliphatic rings. The van der Waals surface area contributed by atoms with E-state index in [4.69, 9.17) is 14.5 Å². The number of hydrogen-bond donors (Lipinski definition) is 0. The van der Waals surface area contributed by atoms with Gasteiger partial charge in [0, 0.05) is 36.5 Å². The van der Waals surface area contributed by atoms with Gasteiger partial charge in [0.25, 0.3) is 0 Å². The third kappa shape index (κ3) is 3.24. The van der Waals surface area contributed by atoms with Crippen LogP contribution in [0.5, 0.6) is 0 Å². The summed E-state index contributed by atoms with van der Waals surface area (Å²) in [7, 11) is 4.05. The molecule has 0 radical (unpaired) electrons. The van der Waals surface area contributed by atoms with Gasteiger partial charge < -0.3 is 9.32 Å². The lowest BCUT2D eigenvalue weighted by atomic mass is 9.99. The van der Waals surface area contributed by atoms with Crippen molar-refractivity contribution in [3.05, 3.63) is 91.3 Å². The maximum Gasteiger partial charge on any atom is 0.232 e. The van der Waals surface area contributed by atoms with E-state index in [-0.39, 0.29) is 0 Å². The molecule has 6 aromatic rings. The number of anilines is 1. The summed E-state index contributed by atoms with van der Waals surface area (Å²) in [5.74, 6) is 1.42. The molecule has 6 heteroatoms. The molecule has 0 fully saturated rings. The van der Waals surface area contributed by atoms with Gasteiger partial charge in [0.05, 0.1) is 5.39 Å². The van der Waals surface area contributed by atoms with Gasteiger partial charge in [-0.25, -0.2) is 14.5 Å². The highest BCUT2D eigenvalue weighted by Crippen LogP contribution is 2.41. The Balaban J connectivity index is 1.61. The third-order valence-electron chi connectivity index (χ3n) is 5.77. The predicted molar refractivity (Wildman–Crippen MR) is 131 cm³/mol. The monoisotopic (exact) mass is 431 g/mol. The molecule has 160 valence electrons. The van der Waals surface area contributed by atoms with E-state index in [1.807, 2.05) is 74.8 Å². The smallest absolute Gasteiger partial charge is 0.232 e. The zero-order valence-corrected chi connectivity index (χ0v) is 18.3. The minimum absolute atomic E-state index is 0.544. The Morgan fingerprint density at radius 1 is 0.758 bits per heavy atom. The van der Waals surface area contributed by atoms with Crippen LogP contribution in [0.15, 0.2) is 95.7 Å². The fourth-order valence-electron chi connectivity index (χ4n) is 4.10. The topological polar surface area (TPSA) is 59.5 Å². The molecule has 0 aliphatic heterocycles. The van der Waals surface area contributed by atoms with Gasteiger partial charge in [-0.3, -0.25) is 0 Å². The van der Waals surface area contributed by atoms with Crippen molar-refractivity contribution in [3.8, 4) is 33.8 Å². The quantitative estimate of drug-likeness (QED) is 0.346. The van der Waals surface area contributed by atoms with Crippen LogP contribution in [-0.2, 0) is 0 Å². The van der Waals surface area contributed by atoms with Gasteiger partial charge in [-0.2, -0.15) is 0 Å². The summed E-state index contributed by atoms with van der Waals surface area (Å²) < 4.78 is 8.04. The standard InChI is InChI=1S/C27H21N5O/c1-31(2)21-15-13-20(14-16-21)25-29-26-23-22(18-9-5-3-6-10-18)24(19-11-7-4-8-12-19)33-27(23)28-17-32(26)30-25/h3-17H,1-2H3. The van der Waals surface area contributed by atoms with E-state index >= 15 is 0 Å². The minimum atomic E-state index is 0.544. The Labute approximate surface area is 190 Å². The highest BCUT2D eigenvalue weighted by atomic mass is 16.3. The van der Waals surface area contributed by atoms with Crippen molar-refractivity contribution < 1.29 is 4.42 Å². The van der Waals surface area contributed by atoms with Crippen molar-refractivity contribution in [2.24, 2.45) is 0 Å². The molecule has 3 aromatic carbocycles. The van der Waals surface area contributed by atoms with Gasteiger partial charge in [0.2, 0.25) is 5.71 Å². The highest BCUT2D eigenvalue weighted by molar-refractivity contribution is 6.07. The first-order valence-electron chi connectivity index (χ1n) is 10.8. The van der Waals surface area contributed by atoms with Crippen molar-refractivity contribution in [2.45, 2.75) is 0 Å². The average molecular weight is 431 g/mol. The van der Waals surface area contributed by atoms with Crippen molar-refractivity contribution in [3.63, 3.8) is 0 Å². The normalized spacial score (nSPS) is 11.3. The van der Waals surface area contributed by atoms with Crippen molar-refractivity contribution in [1.29, 1.82) is 0 Å². The number of nitrogens with zero attached hydrogens (tertiary/aromatic N) is 5. The highest BCUT2D eigenvalue weighted by Gasteiger charge is 2.23. The molecular formula is C27H21N5O. The number of aromatic nitrogens is 4. The summed E-state index contributed by atoms with van der Waals surface area (Å²) in [6.45, 7) is 0. The summed E-state index contributed by atoms with van der Waals surface area (Å²) in [5.41, 5.74) is 6.34. The van der Waals surface area contributed by atoms with Crippen LogP contribution in [0.1, 0.15) is 0 Å². The van der Waals surface area contributed by atoms with E-state index in [0.29, 0.717) is 11.5 Å². The second-order valence-corrected chi connectivity index (χ2v) is 8.11. The summed E-state index contributed by atoms with van der Waals surface area (Å²) in [4.78, 5) is 11.6. The molecule has 3 heterocycles. The van der Waals surface area contributed by atoms with Gasteiger partial charge >= 0.3 is 0 Å². The maximum absolute atomic E-state index is 6.31. The third-order valence-corrected chi connectivity index (χ3v) is 5.77. The van der Waals surface area contributed by atoms with Gasteiger partial charge in [-0.15, -0.1) is 5.10 Å². The molecule has 0 unspecified atom stereocenters. The molecule has 0 spiro atoms. The Kier molecular flexibility index (Phi) is 4.43. The Morgan fingerprint density at radius 3 is 2.09 bits per heavy atom. The van der Waals surface area contributed by atoms with Crippen LogP contribution in [0.2, 0.25) is 0 Å². The van der Waals surface area contributed by atoms with Gasteiger partial charge in [-0.1, -0.05) is 60.7 Å². The first-order chi connectivity index (χ1) is 16.2. The lowest BCUT2D eigenvalue weighted by molar-refractivity contribution is 0.617. The first kappa shape index (κ1) is 19.3. The lowest BCUT2D eigenvalue weighted by Gasteiger charge is -2.11. The number of furan rings is 1. The molecule has 6 rings (SSSR count). The molecule has 6 nitrogen and oxygen atoms in total. The van der Waals surface area contributed by atoms with E-state index in [1.54, 1.807) is 10.8 Å². The van der Waals surface area contributed by atoms with E-state index < -0.39 is 0 Å². The summed E-state index contributed by atoms with van der Waals surface area (Å²) in [6, 6.07) is 28.5. The maximum atomic E-state index is 6.31. The zero-order valence-electron chi connectivity index (χ0n) is 18.3. The molecule has 33 heavy (non-hydrogen) atoms. The van der Waals surface area contributed by atoms with Crippen LogP contribution < -0.4 is 4.90 Å². The summed E-state index contributed by atoms with van der Waals surface area (Å²) in [6.07, 6.45) is 1.66. The summed E-state index contributed by atoms with van der Waals surface area (Å²) >= 11 is 0. The van der Waals surface area contributed by atoms with E-state index in [1.165, 1.54) is 0 Å². The van der Waals surface area contributed by atoms with E-state index in [9.17, 15) is 0 Å². The Morgan fingerprint density at radius 2 is 1.42 bits per heavy atom. The number of benzene rings is 3. The second kappa shape index (κ2) is 7.60. The second-order valence-electron chi connectivity index (χ2n) is 8.11. The molecule has 3 aromatic heterocycles. The van der Waals surface area contributed by atoms with Crippen LogP contribution in [0.25, 0.3) is 50.6 Å². The number of rotatable bonds is 4. The van der Waals surface area contributed by atoms with Gasteiger partial charge in [0.15, 0.2) is 11.5 Å². The van der Waals surface area contributed by atoms with Crippen LogP contribution >= 0.6 is 0 Å². The average Bonchev–Trinajstić information content (AvgIpc) is 3.47. The fourth-order valence-corrected chi connectivity index (χ4v) is 4.10. The minimum Gasteiger partial charge on any atom is -0.437 e. The number of hydrogen-bond acceptors (Lipinski definition) is 5. The lowest BCUT2D eigenvalue weighted by Crippen LogP contribution is -2.07. The van der Waals surface area contributed by atoms with E-state index in [2.05, 4.69) is 34.1 Å². The first-order valence-corrected chi connectivity index (χ1v) is 10.8. The van der Waals surface area contributed by atoms with Gasteiger partial charge in [-0.05, 0) is 29.8 Å². The zero-order chi connectivity index (χ0) is 22.4. The SMILES string of the molecule is CN(C)c1ccc(-c2nc3c4c(-c5ccccc5)c(-c5ccccc5)oc4ncn3n2)cc1. The Hall–Kier alpha value is -4.45. The van der Waals surface area contributed by atoms with E-state index in [0.717, 1.165) is 44.7 Å². The molecule has 0 saturated carbocycles. The van der Waals surface area contributed by atoms with Crippen molar-refractivity contribution >= 4 is 22.4 Å². The fraction of sp³-hybridized carbons (Fsp3) is 0.0741. The molecule has 0 bridgehead atoms. The largest absolute Gasteiger partial charge is 0.437 e. The van der Waals surface area contributed by atoms with Crippen molar-refractivity contribution in [2.75, 3.05) is 19.0 Å². The van der Waals surface area contributed by atoms with Crippen LogP contribution in [0.4, 0.5) is 5.69 Å². The van der Waals surface area contributed by atoms with Crippen LogP contribution in [0, 0.1) is 0 Å². The number of fused-ring (bicyclic) bond motifs is 3. The van der Waals surface area contributed by atoms with Crippen LogP contribution in [-0.4, -0.2) is 33.7 Å². The molecule has 0 aliphatic carbocycles. The molecular weight excluding hydrogens is 410 g/mol. The van der Waals surface area contributed by atoms with Crippen LogP contribution in [0.3, 0.4) is 0 Å².